The Morgan fingerprint density at radius 3 is 2.73 bits per heavy atom. The highest BCUT2D eigenvalue weighted by Gasteiger charge is 2.33. The van der Waals surface area contributed by atoms with Crippen molar-refractivity contribution in [2.75, 3.05) is 26.2 Å². The number of hydrogen-bond donors (Lipinski definition) is 0. The molecule has 7 heteroatoms. The lowest BCUT2D eigenvalue weighted by atomic mass is 9.93. The number of nitrogens with zero attached hydrogens (tertiary/aromatic N) is 4. The normalized spacial score (nSPS) is 17.3. The highest BCUT2D eigenvalue weighted by atomic mass is 32.1. The lowest BCUT2D eigenvalue weighted by Gasteiger charge is -2.24. The first-order valence-electron chi connectivity index (χ1n) is 10.2. The Balaban J connectivity index is 1.62. The lowest BCUT2D eigenvalue weighted by molar-refractivity contribution is -0.134. The van der Waals surface area contributed by atoms with E-state index in [1.165, 1.54) is 4.88 Å². The minimum absolute atomic E-state index is 0.113. The Hall–Kier alpha value is -2.93. The molecule has 3 heterocycles. The number of benzene rings is 1. The van der Waals surface area contributed by atoms with Crippen LogP contribution in [0.2, 0.25) is 0 Å². The van der Waals surface area contributed by atoms with Crippen LogP contribution in [-0.4, -0.2) is 57.3 Å². The molecule has 156 valence electrons. The quantitative estimate of drug-likeness (QED) is 0.634. The van der Waals surface area contributed by atoms with E-state index in [4.69, 9.17) is 0 Å². The van der Waals surface area contributed by atoms with Crippen molar-refractivity contribution in [1.82, 2.24) is 19.4 Å². The van der Waals surface area contributed by atoms with Crippen molar-refractivity contribution < 1.29 is 9.59 Å². The second-order valence-corrected chi connectivity index (χ2v) is 8.58. The van der Waals surface area contributed by atoms with Gasteiger partial charge in [-0.3, -0.25) is 9.59 Å². The van der Waals surface area contributed by atoms with E-state index in [1.807, 2.05) is 37.1 Å². The standard InChI is InChI=1S/C23H26N4O2S/c1-3-26-10-11-27(23(29)20-15-25(2)16-24-20)14-18(22(26)28)13-17-7-4-5-8-19(17)21-9-6-12-30-21/h4-9,12,15-16,18H,3,10-11,13-14H2,1-2H3/t18-/m1/s1. The lowest BCUT2D eigenvalue weighted by Crippen LogP contribution is -2.38. The maximum Gasteiger partial charge on any atom is 0.274 e. The minimum atomic E-state index is -0.277. The van der Waals surface area contributed by atoms with E-state index < -0.39 is 0 Å². The van der Waals surface area contributed by atoms with Crippen LogP contribution in [0.25, 0.3) is 10.4 Å². The number of amides is 2. The molecule has 4 rings (SSSR count). The molecule has 1 aliphatic heterocycles. The van der Waals surface area contributed by atoms with Gasteiger partial charge in [0.05, 0.1) is 12.2 Å². The molecule has 0 N–H and O–H groups in total. The van der Waals surface area contributed by atoms with Crippen LogP contribution in [0.15, 0.2) is 54.3 Å². The van der Waals surface area contributed by atoms with Crippen molar-refractivity contribution in [3.8, 4) is 10.4 Å². The molecule has 0 saturated carbocycles. The van der Waals surface area contributed by atoms with Gasteiger partial charge in [-0.05, 0) is 35.9 Å². The first-order valence-corrected chi connectivity index (χ1v) is 11.1. The number of likely N-dealkylation sites (N-methyl/N-ethyl adjacent to an activating group) is 1. The second kappa shape index (κ2) is 8.83. The van der Waals surface area contributed by atoms with Gasteiger partial charge in [-0.1, -0.05) is 30.3 Å². The summed E-state index contributed by atoms with van der Waals surface area (Å²) in [6.45, 7) is 4.12. The van der Waals surface area contributed by atoms with Crippen molar-refractivity contribution in [1.29, 1.82) is 0 Å². The molecular weight excluding hydrogens is 396 g/mol. The summed E-state index contributed by atoms with van der Waals surface area (Å²) >= 11 is 1.70. The Labute approximate surface area is 180 Å². The summed E-state index contributed by atoms with van der Waals surface area (Å²) in [5, 5.41) is 2.06. The number of aryl methyl sites for hydroxylation is 1. The summed E-state index contributed by atoms with van der Waals surface area (Å²) in [6.07, 6.45) is 3.96. The molecule has 1 aliphatic rings. The Bertz CT molecular complexity index is 1030. The van der Waals surface area contributed by atoms with Crippen LogP contribution in [0, 0.1) is 5.92 Å². The smallest absolute Gasteiger partial charge is 0.274 e. The summed E-state index contributed by atoms with van der Waals surface area (Å²) < 4.78 is 1.77. The maximum atomic E-state index is 13.3. The van der Waals surface area contributed by atoms with E-state index in [1.54, 1.807) is 33.3 Å². The fourth-order valence-electron chi connectivity index (χ4n) is 4.02. The molecule has 1 fully saturated rings. The number of thiophene rings is 1. The predicted octanol–water partition coefficient (Wildman–Crippen LogP) is 3.31. The molecule has 0 aliphatic carbocycles. The van der Waals surface area contributed by atoms with Crippen LogP contribution in [0.3, 0.4) is 0 Å². The summed E-state index contributed by atoms with van der Waals surface area (Å²) in [6, 6.07) is 12.4. The number of imidazole rings is 1. The van der Waals surface area contributed by atoms with Gasteiger partial charge in [-0.2, -0.15) is 0 Å². The van der Waals surface area contributed by atoms with Crippen molar-refractivity contribution in [3.63, 3.8) is 0 Å². The van der Waals surface area contributed by atoms with Crippen molar-refractivity contribution >= 4 is 23.2 Å². The molecule has 0 spiro atoms. The largest absolute Gasteiger partial charge is 0.341 e. The van der Waals surface area contributed by atoms with Gasteiger partial charge in [-0.25, -0.2) is 4.98 Å². The highest BCUT2D eigenvalue weighted by molar-refractivity contribution is 7.13. The summed E-state index contributed by atoms with van der Waals surface area (Å²) in [5.74, 6) is -0.270. The van der Waals surface area contributed by atoms with Crippen LogP contribution in [0.5, 0.6) is 0 Å². The van der Waals surface area contributed by atoms with Crippen LogP contribution in [0.4, 0.5) is 0 Å². The summed E-state index contributed by atoms with van der Waals surface area (Å²) in [4.78, 5) is 35.4. The van der Waals surface area contributed by atoms with Crippen LogP contribution in [-0.2, 0) is 18.3 Å². The Kier molecular flexibility index (Phi) is 5.99. The van der Waals surface area contributed by atoms with Gasteiger partial charge >= 0.3 is 0 Å². The molecular formula is C23H26N4O2S. The third kappa shape index (κ3) is 4.16. The van der Waals surface area contributed by atoms with Crippen LogP contribution in [0.1, 0.15) is 23.0 Å². The SMILES string of the molecule is CCN1CCN(C(=O)c2cn(C)cn2)C[C@@H](Cc2ccccc2-c2cccs2)C1=O. The van der Waals surface area contributed by atoms with Gasteiger partial charge in [0, 0.05) is 44.3 Å². The molecule has 2 amide bonds. The Morgan fingerprint density at radius 1 is 1.20 bits per heavy atom. The first kappa shape index (κ1) is 20.3. The van der Waals surface area contributed by atoms with Crippen LogP contribution < -0.4 is 0 Å². The zero-order chi connectivity index (χ0) is 21.1. The fraction of sp³-hybridized carbons (Fsp3) is 0.348. The van der Waals surface area contributed by atoms with E-state index in [9.17, 15) is 9.59 Å². The van der Waals surface area contributed by atoms with E-state index >= 15 is 0 Å². The van der Waals surface area contributed by atoms with Gasteiger partial charge in [-0.15, -0.1) is 11.3 Å². The van der Waals surface area contributed by atoms with Crippen molar-refractivity contribution in [2.24, 2.45) is 13.0 Å². The molecule has 1 atom stereocenters. The molecule has 3 aromatic rings. The molecule has 0 unspecified atom stereocenters. The van der Waals surface area contributed by atoms with E-state index in [0.717, 1.165) is 11.1 Å². The monoisotopic (exact) mass is 422 g/mol. The molecule has 2 aromatic heterocycles. The number of hydrogen-bond acceptors (Lipinski definition) is 4. The first-order chi connectivity index (χ1) is 14.6. The minimum Gasteiger partial charge on any atom is -0.341 e. The second-order valence-electron chi connectivity index (χ2n) is 7.63. The average Bonchev–Trinajstić information content (AvgIpc) is 3.41. The zero-order valence-corrected chi connectivity index (χ0v) is 18.1. The van der Waals surface area contributed by atoms with Crippen molar-refractivity contribution in [2.45, 2.75) is 13.3 Å². The number of aromatic nitrogens is 2. The van der Waals surface area contributed by atoms with E-state index in [-0.39, 0.29) is 17.7 Å². The molecule has 1 saturated heterocycles. The van der Waals surface area contributed by atoms with E-state index in [2.05, 4.69) is 28.6 Å². The summed E-state index contributed by atoms with van der Waals surface area (Å²) in [7, 11) is 1.85. The molecule has 0 bridgehead atoms. The van der Waals surface area contributed by atoms with E-state index in [0.29, 0.717) is 38.3 Å². The van der Waals surface area contributed by atoms with Crippen molar-refractivity contribution in [3.05, 3.63) is 65.6 Å². The number of rotatable bonds is 5. The maximum absolute atomic E-state index is 13.3. The van der Waals surface area contributed by atoms with Gasteiger partial charge < -0.3 is 14.4 Å². The number of carbonyl (C=O) groups is 2. The topological polar surface area (TPSA) is 58.4 Å². The fourth-order valence-corrected chi connectivity index (χ4v) is 4.80. The van der Waals surface area contributed by atoms with Gasteiger partial charge in [0.1, 0.15) is 5.69 Å². The number of carbonyl (C=O) groups excluding carboxylic acids is 2. The average molecular weight is 423 g/mol. The highest BCUT2D eigenvalue weighted by Crippen LogP contribution is 2.30. The van der Waals surface area contributed by atoms with Gasteiger partial charge in [0.25, 0.3) is 5.91 Å². The molecule has 30 heavy (non-hydrogen) atoms. The van der Waals surface area contributed by atoms with Crippen LogP contribution >= 0.6 is 11.3 Å². The zero-order valence-electron chi connectivity index (χ0n) is 17.3. The molecule has 6 nitrogen and oxygen atoms in total. The van der Waals surface area contributed by atoms with Gasteiger partial charge in [0.2, 0.25) is 5.91 Å². The van der Waals surface area contributed by atoms with Gasteiger partial charge in [0.15, 0.2) is 0 Å². The summed E-state index contributed by atoms with van der Waals surface area (Å²) in [5.41, 5.74) is 2.73. The predicted molar refractivity (Wildman–Crippen MR) is 118 cm³/mol. The third-order valence-corrected chi connectivity index (χ3v) is 6.51. The Morgan fingerprint density at radius 2 is 2.03 bits per heavy atom. The third-order valence-electron chi connectivity index (χ3n) is 5.60. The molecule has 1 aromatic carbocycles. The molecule has 0 radical (unpaired) electrons.